The Hall–Kier alpha value is -3.85. The van der Waals surface area contributed by atoms with E-state index in [0.717, 1.165) is 28.2 Å². The summed E-state index contributed by atoms with van der Waals surface area (Å²) in [5.41, 5.74) is 6.69. The molecule has 5 aromatic rings. The predicted molar refractivity (Wildman–Crippen MR) is 134 cm³/mol. The maximum Gasteiger partial charge on any atom is 0.234 e. The summed E-state index contributed by atoms with van der Waals surface area (Å²) < 4.78 is 9.12. The van der Waals surface area contributed by atoms with E-state index in [2.05, 4.69) is 47.6 Å². The van der Waals surface area contributed by atoms with Gasteiger partial charge in [0, 0.05) is 23.6 Å². The zero-order valence-electron chi connectivity index (χ0n) is 19.1. The van der Waals surface area contributed by atoms with Crippen LogP contribution in [0.5, 0.6) is 5.75 Å². The van der Waals surface area contributed by atoms with E-state index in [1.54, 1.807) is 0 Å². The van der Waals surface area contributed by atoms with Crippen LogP contribution >= 0.6 is 11.8 Å². The maximum atomic E-state index is 12.4. The maximum absolute atomic E-state index is 12.4. The molecule has 0 aliphatic carbocycles. The number of benzene rings is 2. The van der Waals surface area contributed by atoms with Crippen molar-refractivity contribution in [2.24, 2.45) is 0 Å². The molecular weight excluding hydrogens is 448 g/mol. The van der Waals surface area contributed by atoms with E-state index in [0.29, 0.717) is 17.4 Å². The van der Waals surface area contributed by atoms with Gasteiger partial charge in [-0.2, -0.15) is 5.10 Å². The summed E-state index contributed by atoms with van der Waals surface area (Å²) in [4.78, 5) is 12.4. The summed E-state index contributed by atoms with van der Waals surface area (Å²) in [6.07, 6.45) is 3.74. The molecule has 0 aliphatic heterocycles. The minimum atomic E-state index is -0.117. The Kier molecular flexibility index (Phi) is 5.93. The largest absolute Gasteiger partial charge is 0.494 e. The van der Waals surface area contributed by atoms with E-state index in [9.17, 15) is 4.79 Å². The van der Waals surface area contributed by atoms with Crippen molar-refractivity contribution in [3.63, 3.8) is 0 Å². The molecule has 0 saturated heterocycles. The number of fused-ring (bicyclic) bond motifs is 3. The van der Waals surface area contributed by atoms with Gasteiger partial charge in [0.1, 0.15) is 11.3 Å². The monoisotopic (exact) mass is 472 g/mol. The number of rotatable bonds is 7. The number of aryl methyl sites for hydroxylation is 2. The van der Waals surface area contributed by atoms with Gasteiger partial charge in [-0.15, -0.1) is 10.2 Å². The summed E-state index contributed by atoms with van der Waals surface area (Å²) in [7, 11) is 0. The smallest absolute Gasteiger partial charge is 0.234 e. The van der Waals surface area contributed by atoms with Crippen molar-refractivity contribution in [3.8, 4) is 17.0 Å². The summed E-state index contributed by atoms with van der Waals surface area (Å²) in [6, 6.07) is 15.7. The van der Waals surface area contributed by atoms with E-state index in [1.165, 1.54) is 22.9 Å². The molecule has 0 aliphatic rings. The Morgan fingerprint density at radius 2 is 1.85 bits per heavy atom. The third kappa shape index (κ3) is 4.34. The molecule has 8 nitrogen and oxygen atoms in total. The van der Waals surface area contributed by atoms with Crippen molar-refractivity contribution in [1.82, 2.24) is 24.2 Å². The summed E-state index contributed by atoms with van der Waals surface area (Å²) in [5.74, 6) is 0.872. The topological polar surface area (TPSA) is 85.8 Å². The summed E-state index contributed by atoms with van der Waals surface area (Å²) >= 11 is 1.33. The minimum absolute atomic E-state index is 0.117. The average Bonchev–Trinajstić information content (AvgIpc) is 3.45. The van der Waals surface area contributed by atoms with Crippen molar-refractivity contribution in [2.75, 3.05) is 17.7 Å². The second kappa shape index (κ2) is 9.18. The number of amides is 1. The lowest BCUT2D eigenvalue weighted by atomic mass is 10.0. The van der Waals surface area contributed by atoms with E-state index < -0.39 is 0 Å². The van der Waals surface area contributed by atoms with Crippen molar-refractivity contribution < 1.29 is 9.53 Å². The van der Waals surface area contributed by atoms with Crippen LogP contribution in [0.4, 0.5) is 5.69 Å². The Morgan fingerprint density at radius 3 is 2.62 bits per heavy atom. The highest BCUT2D eigenvalue weighted by molar-refractivity contribution is 7.99. The summed E-state index contributed by atoms with van der Waals surface area (Å²) in [6.45, 7) is 6.73. The Bertz CT molecular complexity index is 1490. The molecule has 0 spiro atoms. The number of thioether (sulfide) groups is 1. The molecule has 3 aromatic heterocycles. The highest BCUT2D eigenvalue weighted by Gasteiger charge is 2.14. The van der Waals surface area contributed by atoms with Crippen LogP contribution in [0.15, 0.2) is 66.1 Å². The molecule has 2 aromatic carbocycles. The van der Waals surface area contributed by atoms with Crippen LogP contribution in [0, 0.1) is 13.8 Å². The number of nitrogens with one attached hydrogen (secondary N) is 1. The fraction of sp³-hybridized carbons (Fsp3) is 0.200. The quantitative estimate of drug-likeness (QED) is 0.343. The molecule has 0 fully saturated rings. The van der Waals surface area contributed by atoms with Gasteiger partial charge in [0.2, 0.25) is 5.91 Å². The number of anilines is 1. The van der Waals surface area contributed by atoms with E-state index in [1.807, 2.05) is 58.6 Å². The molecule has 34 heavy (non-hydrogen) atoms. The number of carbonyl (C=O) groups is 1. The van der Waals surface area contributed by atoms with Crippen LogP contribution in [-0.4, -0.2) is 42.5 Å². The van der Waals surface area contributed by atoms with Crippen LogP contribution in [0.25, 0.3) is 22.4 Å². The van der Waals surface area contributed by atoms with E-state index in [4.69, 9.17) is 9.84 Å². The van der Waals surface area contributed by atoms with E-state index in [-0.39, 0.29) is 11.7 Å². The number of hydrogen-bond donors (Lipinski definition) is 1. The average molecular weight is 473 g/mol. The molecule has 172 valence electrons. The van der Waals surface area contributed by atoms with Gasteiger partial charge in [-0.1, -0.05) is 23.9 Å². The van der Waals surface area contributed by atoms with Crippen LogP contribution < -0.4 is 10.1 Å². The van der Waals surface area contributed by atoms with Crippen molar-refractivity contribution in [3.05, 3.63) is 72.1 Å². The SMILES string of the molecule is CCOc1ccc(NC(=O)CSc2nnc3c4cc(-c5ccc(C)c(C)c5)nn4ccn23)cc1. The Balaban J connectivity index is 1.32. The van der Waals surface area contributed by atoms with Crippen molar-refractivity contribution >= 4 is 34.5 Å². The minimum Gasteiger partial charge on any atom is -0.494 e. The first-order valence-corrected chi connectivity index (χ1v) is 12.0. The van der Waals surface area contributed by atoms with Crippen LogP contribution in [-0.2, 0) is 4.79 Å². The molecule has 0 atom stereocenters. The molecule has 0 bridgehead atoms. The number of ether oxygens (including phenoxy) is 1. The number of hydrogen-bond acceptors (Lipinski definition) is 6. The normalized spacial score (nSPS) is 11.3. The second-order valence-electron chi connectivity index (χ2n) is 7.93. The van der Waals surface area contributed by atoms with Gasteiger partial charge >= 0.3 is 0 Å². The standard InChI is InChI=1S/C25H24N6O2S/c1-4-33-20-9-7-19(8-10-20)26-23(32)15-34-25-28-27-24-22-14-21(29-31(22)12-11-30(24)25)18-6-5-16(2)17(3)13-18/h5-14H,4,15H2,1-3H3,(H,26,32). The first-order chi connectivity index (χ1) is 16.5. The first kappa shape index (κ1) is 22.0. The Labute approximate surface area is 201 Å². The van der Waals surface area contributed by atoms with Crippen molar-refractivity contribution in [2.45, 2.75) is 25.9 Å². The lowest BCUT2D eigenvalue weighted by Crippen LogP contribution is -2.14. The van der Waals surface area contributed by atoms with Gasteiger partial charge in [-0.05, 0) is 68.3 Å². The number of nitrogens with zero attached hydrogens (tertiary/aromatic N) is 5. The molecule has 3 heterocycles. The van der Waals surface area contributed by atoms with Crippen LogP contribution in [0.2, 0.25) is 0 Å². The van der Waals surface area contributed by atoms with Crippen LogP contribution in [0.1, 0.15) is 18.1 Å². The highest BCUT2D eigenvalue weighted by Crippen LogP contribution is 2.26. The molecule has 1 amide bonds. The molecule has 9 heteroatoms. The fourth-order valence-corrected chi connectivity index (χ4v) is 4.38. The first-order valence-electron chi connectivity index (χ1n) is 11.0. The molecule has 0 saturated carbocycles. The van der Waals surface area contributed by atoms with Gasteiger partial charge < -0.3 is 10.1 Å². The van der Waals surface area contributed by atoms with Gasteiger partial charge in [0.05, 0.1) is 18.1 Å². The number of carbonyl (C=O) groups excluding carboxylic acids is 1. The van der Waals surface area contributed by atoms with Gasteiger partial charge in [-0.25, -0.2) is 4.52 Å². The molecule has 1 N–H and O–H groups in total. The molecular formula is C25H24N6O2S. The predicted octanol–water partition coefficient (Wildman–Crippen LogP) is 4.79. The van der Waals surface area contributed by atoms with Crippen molar-refractivity contribution in [1.29, 1.82) is 0 Å². The Morgan fingerprint density at radius 1 is 1.03 bits per heavy atom. The van der Waals surface area contributed by atoms with Gasteiger partial charge in [0.15, 0.2) is 10.8 Å². The zero-order chi connectivity index (χ0) is 23.7. The molecule has 5 rings (SSSR count). The lowest BCUT2D eigenvalue weighted by molar-refractivity contribution is -0.113. The van der Waals surface area contributed by atoms with Crippen LogP contribution in [0.3, 0.4) is 0 Å². The molecule has 0 radical (unpaired) electrons. The lowest BCUT2D eigenvalue weighted by Gasteiger charge is -2.06. The van der Waals surface area contributed by atoms with E-state index >= 15 is 0 Å². The third-order valence-corrected chi connectivity index (χ3v) is 6.51. The third-order valence-electron chi connectivity index (χ3n) is 5.57. The highest BCUT2D eigenvalue weighted by atomic mass is 32.2. The fourth-order valence-electron chi connectivity index (χ4n) is 3.66. The molecule has 0 unspecified atom stereocenters. The van der Waals surface area contributed by atoms with Gasteiger partial charge in [0.25, 0.3) is 0 Å². The summed E-state index contributed by atoms with van der Waals surface area (Å²) in [5, 5.41) is 16.9. The number of aromatic nitrogens is 5. The second-order valence-corrected chi connectivity index (χ2v) is 8.87. The zero-order valence-corrected chi connectivity index (χ0v) is 20.0. The van der Waals surface area contributed by atoms with Gasteiger partial charge in [-0.3, -0.25) is 9.20 Å².